The third kappa shape index (κ3) is 4.82. The predicted molar refractivity (Wildman–Crippen MR) is 90.9 cm³/mol. The molecule has 1 atom stereocenters. The second-order valence-corrected chi connectivity index (χ2v) is 6.56. The maximum absolute atomic E-state index is 12.7. The van der Waals surface area contributed by atoms with Gasteiger partial charge in [-0.3, -0.25) is 4.79 Å². The molecule has 1 heterocycles. The third-order valence-electron chi connectivity index (χ3n) is 4.48. The minimum absolute atomic E-state index is 0.118. The van der Waals surface area contributed by atoms with Gasteiger partial charge in [0.15, 0.2) is 0 Å². The Morgan fingerprint density at radius 3 is 2.45 bits per heavy atom. The van der Waals surface area contributed by atoms with Gasteiger partial charge >= 0.3 is 0 Å². The first kappa shape index (κ1) is 17.0. The topological polar surface area (TPSA) is 35.6 Å². The number of nitrogens with one attached hydrogen (secondary N) is 1. The summed E-state index contributed by atoms with van der Waals surface area (Å²) in [7, 11) is 6.12. The number of likely N-dealkylation sites (tertiary alicyclic amines) is 1. The Hall–Kier alpha value is -1.39. The molecule has 1 aromatic carbocycles. The number of carbonyl (C=O) groups is 1. The fraction of sp³-hybridized carbons (Fsp3) is 0.611. The van der Waals surface area contributed by atoms with E-state index in [2.05, 4.69) is 36.4 Å². The zero-order valence-electron chi connectivity index (χ0n) is 14.1. The smallest absolute Gasteiger partial charge is 0.240 e. The number of carbonyl (C=O) groups excluding carboxylic acids is 1. The summed E-state index contributed by atoms with van der Waals surface area (Å²) in [5.74, 6) is 0.968. The van der Waals surface area contributed by atoms with E-state index in [1.54, 1.807) is 0 Å². The lowest BCUT2D eigenvalue weighted by Gasteiger charge is -2.35. The van der Waals surface area contributed by atoms with Crippen LogP contribution in [0.1, 0.15) is 18.4 Å². The standard InChI is InChI=1S/C18H29N3O/c1-19-17(13-15-7-5-4-6-8-15)18(22)21-11-9-16(10-12-21)14-20(2)3/h4-8,16-17,19H,9-14H2,1-3H3/t17-/m1/s1. The highest BCUT2D eigenvalue weighted by Gasteiger charge is 2.27. The monoisotopic (exact) mass is 303 g/mol. The first-order valence-corrected chi connectivity index (χ1v) is 8.25. The molecular weight excluding hydrogens is 274 g/mol. The first-order valence-electron chi connectivity index (χ1n) is 8.25. The molecule has 0 aromatic heterocycles. The van der Waals surface area contributed by atoms with Crippen LogP contribution in [-0.2, 0) is 11.2 Å². The summed E-state index contributed by atoms with van der Waals surface area (Å²) < 4.78 is 0. The van der Waals surface area contributed by atoms with Crippen LogP contribution in [0.2, 0.25) is 0 Å². The summed E-state index contributed by atoms with van der Waals surface area (Å²) in [6, 6.07) is 10.1. The second kappa shape index (κ2) is 8.30. The SMILES string of the molecule is CN[C@H](Cc1ccccc1)C(=O)N1CCC(CN(C)C)CC1. The molecule has 1 aliphatic heterocycles. The van der Waals surface area contributed by atoms with Gasteiger partial charge < -0.3 is 15.1 Å². The molecule has 1 N–H and O–H groups in total. The molecule has 0 unspecified atom stereocenters. The highest BCUT2D eigenvalue weighted by Crippen LogP contribution is 2.19. The number of piperidine rings is 1. The van der Waals surface area contributed by atoms with Crippen molar-refractivity contribution in [1.29, 1.82) is 0 Å². The van der Waals surface area contributed by atoms with Gasteiger partial charge in [0.2, 0.25) is 5.91 Å². The first-order chi connectivity index (χ1) is 10.6. The average molecular weight is 303 g/mol. The van der Waals surface area contributed by atoms with Crippen LogP contribution in [0.15, 0.2) is 30.3 Å². The normalized spacial score (nSPS) is 17.7. The van der Waals surface area contributed by atoms with Gasteiger partial charge in [0.25, 0.3) is 0 Å². The molecule has 0 bridgehead atoms. The van der Waals surface area contributed by atoms with Crippen molar-refractivity contribution in [2.45, 2.75) is 25.3 Å². The number of hydrogen-bond donors (Lipinski definition) is 1. The van der Waals surface area contributed by atoms with Crippen LogP contribution in [0, 0.1) is 5.92 Å². The fourth-order valence-electron chi connectivity index (χ4n) is 3.24. The van der Waals surface area contributed by atoms with Gasteiger partial charge in [-0.05, 0) is 51.9 Å². The van der Waals surface area contributed by atoms with Gasteiger partial charge in [-0.2, -0.15) is 0 Å². The number of rotatable bonds is 6. The highest BCUT2D eigenvalue weighted by molar-refractivity contribution is 5.82. The molecule has 0 saturated carbocycles. The van der Waals surface area contributed by atoms with E-state index in [1.165, 1.54) is 5.56 Å². The highest BCUT2D eigenvalue weighted by atomic mass is 16.2. The largest absolute Gasteiger partial charge is 0.341 e. The molecular formula is C18H29N3O. The summed E-state index contributed by atoms with van der Waals surface area (Å²) in [4.78, 5) is 17.0. The average Bonchev–Trinajstić information content (AvgIpc) is 2.53. The van der Waals surface area contributed by atoms with Crippen molar-refractivity contribution in [1.82, 2.24) is 15.1 Å². The van der Waals surface area contributed by atoms with Gasteiger partial charge in [-0.1, -0.05) is 30.3 Å². The van der Waals surface area contributed by atoms with Gasteiger partial charge in [0.1, 0.15) is 0 Å². The molecule has 1 fully saturated rings. The fourth-order valence-corrected chi connectivity index (χ4v) is 3.24. The summed E-state index contributed by atoms with van der Waals surface area (Å²) in [6.45, 7) is 2.91. The van der Waals surface area contributed by atoms with Gasteiger partial charge in [-0.25, -0.2) is 0 Å². The minimum atomic E-state index is -0.118. The minimum Gasteiger partial charge on any atom is -0.341 e. The second-order valence-electron chi connectivity index (χ2n) is 6.56. The Morgan fingerprint density at radius 2 is 1.91 bits per heavy atom. The molecule has 1 saturated heterocycles. The van der Waals surface area contributed by atoms with Crippen LogP contribution in [0.5, 0.6) is 0 Å². The van der Waals surface area contributed by atoms with E-state index in [1.807, 2.05) is 30.1 Å². The van der Waals surface area contributed by atoms with Crippen LogP contribution in [0.3, 0.4) is 0 Å². The molecule has 1 amide bonds. The van der Waals surface area contributed by atoms with Crippen LogP contribution in [-0.4, -0.2) is 62.5 Å². The summed E-state index contributed by atoms with van der Waals surface area (Å²) in [5.41, 5.74) is 1.21. The van der Waals surface area contributed by atoms with E-state index in [0.29, 0.717) is 0 Å². The zero-order chi connectivity index (χ0) is 15.9. The van der Waals surface area contributed by atoms with Crippen LogP contribution < -0.4 is 5.32 Å². The molecule has 0 aliphatic carbocycles. The molecule has 1 aliphatic rings. The Bertz CT molecular complexity index is 453. The van der Waals surface area contributed by atoms with Crippen LogP contribution in [0.25, 0.3) is 0 Å². The molecule has 22 heavy (non-hydrogen) atoms. The molecule has 122 valence electrons. The van der Waals surface area contributed by atoms with Gasteiger partial charge in [0, 0.05) is 19.6 Å². The van der Waals surface area contributed by atoms with Crippen molar-refractivity contribution < 1.29 is 4.79 Å². The van der Waals surface area contributed by atoms with Crippen molar-refractivity contribution in [2.24, 2.45) is 5.92 Å². The Kier molecular flexibility index (Phi) is 6.40. The van der Waals surface area contributed by atoms with Crippen molar-refractivity contribution in [3.63, 3.8) is 0 Å². The van der Waals surface area contributed by atoms with E-state index in [4.69, 9.17) is 0 Å². The van der Waals surface area contributed by atoms with Crippen molar-refractivity contribution >= 4 is 5.91 Å². The molecule has 4 nitrogen and oxygen atoms in total. The lowest BCUT2D eigenvalue weighted by Crippen LogP contribution is -2.49. The molecule has 2 rings (SSSR count). The maximum Gasteiger partial charge on any atom is 0.240 e. The van der Waals surface area contributed by atoms with Gasteiger partial charge in [0.05, 0.1) is 6.04 Å². The molecule has 4 heteroatoms. The maximum atomic E-state index is 12.7. The number of amides is 1. The number of hydrogen-bond acceptors (Lipinski definition) is 3. The quantitative estimate of drug-likeness (QED) is 0.867. The summed E-state index contributed by atoms with van der Waals surface area (Å²) >= 11 is 0. The van der Waals surface area contributed by atoms with Crippen molar-refractivity contribution in [3.8, 4) is 0 Å². The Labute approximate surface area is 134 Å². The number of benzene rings is 1. The Morgan fingerprint density at radius 1 is 1.27 bits per heavy atom. The Balaban J connectivity index is 1.87. The van der Waals surface area contributed by atoms with Crippen molar-refractivity contribution in [3.05, 3.63) is 35.9 Å². The van der Waals surface area contributed by atoms with E-state index in [9.17, 15) is 4.79 Å². The van der Waals surface area contributed by atoms with Gasteiger partial charge in [-0.15, -0.1) is 0 Å². The molecule has 0 radical (unpaired) electrons. The molecule has 0 spiro atoms. The van der Waals surface area contributed by atoms with Crippen LogP contribution >= 0.6 is 0 Å². The summed E-state index contributed by atoms with van der Waals surface area (Å²) in [5, 5.41) is 3.19. The third-order valence-corrected chi connectivity index (χ3v) is 4.48. The van der Waals surface area contributed by atoms with Crippen molar-refractivity contribution in [2.75, 3.05) is 40.8 Å². The van der Waals surface area contributed by atoms with E-state index in [-0.39, 0.29) is 11.9 Å². The lowest BCUT2D eigenvalue weighted by molar-refractivity contribution is -0.134. The zero-order valence-corrected chi connectivity index (χ0v) is 14.1. The number of nitrogens with zero attached hydrogens (tertiary/aromatic N) is 2. The lowest BCUT2D eigenvalue weighted by atomic mass is 9.95. The number of likely N-dealkylation sites (N-methyl/N-ethyl adjacent to an activating group) is 1. The van der Waals surface area contributed by atoms with Crippen LogP contribution in [0.4, 0.5) is 0 Å². The van der Waals surface area contributed by atoms with E-state index in [0.717, 1.165) is 44.8 Å². The van der Waals surface area contributed by atoms with E-state index < -0.39 is 0 Å². The summed E-state index contributed by atoms with van der Waals surface area (Å²) in [6.07, 6.45) is 2.99. The predicted octanol–water partition coefficient (Wildman–Crippen LogP) is 1.62. The molecule has 1 aromatic rings. The van der Waals surface area contributed by atoms with E-state index >= 15 is 0 Å².